The van der Waals surface area contributed by atoms with Gasteiger partial charge in [-0.05, 0) is 23.1 Å². The van der Waals surface area contributed by atoms with E-state index in [-0.39, 0.29) is 17.9 Å². The summed E-state index contributed by atoms with van der Waals surface area (Å²) in [5.41, 5.74) is 8.53. The molecular weight excluding hydrogens is 386 g/mol. The molecular formula is C22H23N3O3S. The number of amides is 2. The van der Waals surface area contributed by atoms with E-state index in [4.69, 9.17) is 10.5 Å². The number of aromatic nitrogens is 1. The van der Waals surface area contributed by atoms with Crippen LogP contribution in [0.5, 0.6) is 5.75 Å². The number of primary amides is 1. The normalized spacial score (nSPS) is 11.1. The minimum atomic E-state index is -0.609. The first-order chi connectivity index (χ1) is 13.7. The number of nitrogens with one attached hydrogen (secondary N) is 1. The van der Waals surface area contributed by atoms with Crippen LogP contribution >= 0.6 is 11.3 Å². The Bertz CT molecular complexity index is 1020. The van der Waals surface area contributed by atoms with Crippen molar-refractivity contribution in [3.05, 3.63) is 65.0 Å². The Labute approximate surface area is 173 Å². The molecule has 0 saturated carbocycles. The number of ether oxygens (including phenoxy) is 1. The summed E-state index contributed by atoms with van der Waals surface area (Å²) in [5.74, 6) is -0.686. The van der Waals surface area contributed by atoms with Gasteiger partial charge in [0.25, 0.3) is 11.8 Å². The van der Waals surface area contributed by atoms with Crippen molar-refractivity contribution in [1.29, 1.82) is 0 Å². The van der Waals surface area contributed by atoms with E-state index in [0.717, 1.165) is 11.3 Å². The summed E-state index contributed by atoms with van der Waals surface area (Å²) in [5, 5.41) is 5.17. The number of hydrogen-bond acceptors (Lipinski definition) is 5. The fraction of sp³-hybridized carbons (Fsp3) is 0.227. The summed E-state index contributed by atoms with van der Waals surface area (Å²) in [7, 11) is 0. The van der Waals surface area contributed by atoms with Gasteiger partial charge in [0.15, 0.2) is 11.7 Å². The number of hydrogen-bond donors (Lipinski definition) is 2. The highest BCUT2D eigenvalue weighted by Crippen LogP contribution is 2.29. The van der Waals surface area contributed by atoms with Crippen LogP contribution in [0.25, 0.3) is 11.3 Å². The first-order valence-corrected chi connectivity index (χ1v) is 10.00. The minimum absolute atomic E-state index is 0.0870. The van der Waals surface area contributed by atoms with E-state index in [1.54, 1.807) is 24.3 Å². The van der Waals surface area contributed by atoms with Gasteiger partial charge in [0.05, 0.1) is 11.3 Å². The highest BCUT2D eigenvalue weighted by atomic mass is 32.1. The van der Waals surface area contributed by atoms with Crippen molar-refractivity contribution >= 4 is 28.3 Å². The maximum atomic E-state index is 12.6. The topological polar surface area (TPSA) is 94.3 Å². The molecule has 3 N–H and O–H groups in total. The predicted molar refractivity (Wildman–Crippen MR) is 115 cm³/mol. The van der Waals surface area contributed by atoms with E-state index in [1.807, 2.05) is 17.5 Å². The molecule has 0 unspecified atom stereocenters. The molecule has 2 aromatic carbocycles. The summed E-state index contributed by atoms with van der Waals surface area (Å²) >= 11 is 1.34. The van der Waals surface area contributed by atoms with Gasteiger partial charge in [-0.1, -0.05) is 57.2 Å². The maximum absolute atomic E-state index is 12.6. The monoisotopic (exact) mass is 409 g/mol. The van der Waals surface area contributed by atoms with E-state index < -0.39 is 5.91 Å². The number of carbonyl (C=O) groups is 2. The van der Waals surface area contributed by atoms with Crippen molar-refractivity contribution in [2.75, 3.05) is 11.9 Å². The fourth-order valence-corrected chi connectivity index (χ4v) is 3.41. The van der Waals surface area contributed by atoms with Gasteiger partial charge in [0.2, 0.25) is 0 Å². The van der Waals surface area contributed by atoms with Gasteiger partial charge in [0.1, 0.15) is 5.75 Å². The molecule has 29 heavy (non-hydrogen) atoms. The van der Waals surface area contributed by atoms with Crippen LogP contribution in [-0.2, 0) is 10.2 Å². The van der Waals surface area contributed by atoms with Gasteiger partial charge in [-0.2, -0.15) is 0 Å². The molecule has 0 radical (unpaired) electrons. The highest BCUT2D eigenvalue weighted by Gasteiger charge is 2.16. The van der Waals surface area contributed by atoms with E-state index >= 15 is 0 Å². The van der Waals surface area contributed by atoms with Crippen LogP contribution in [0.15, 0.2) is 53.9 Å². The lowest BCUT2D eigenvalue weighted by atomic mass is 9.86. The zero-order chi connectivity index (χ0) is 21.0. The SMILES string of the molecule is CC(C)(C)c1ccc(-c2csc(NC(=O)c3ccccc3OCC(N)=O)n2)cc1. The zero-order valence-electron chi connectivity index (χ0n) is 16.6. The molecule has 7 heteroatoms. The third-order valence-corrected chi connectivity index (χ3v) is 5.03. The minimum Gasteiger partial charge on any atom is -0.483 e. The molecule has 1 aromatic heterocycles. The number of carbonyl (C=O) groups excluding carboxylic acids is 2. The molecule has 0 fully saturated rings. The van der Waals surface area contributed by atoms with Gasteiger partial charge < -0.3 is 10.5 Å². The Balaban J connectivity index is 1.74. The summed E-state index contributed by atoms with van der Waals surface area (Å²) < 4.78 is 5.32. The third-order valence-electron chi connectivity index (χ3n) is 4.27. The lowest BCUT2D eigenvalue weighted by Gasteiger charge is -2.18. The molecule has 0 aliphatic heterocycles. The molecule has 6 nitrogen and oxygen atoms in total. The second kappa shape index (κ2) is 8.45. The average Bonchev–Trinajstić information content (AvgIpc) is 3.14. The molecule has 2 amide bonds. The van der Waals surface area contributed by atoms with Gasteiger partial charge >= 0.3 is 0 Å². The van der Waals surface area contributed by atoms with Gasteiger partial charge in [-0.25, -0.2) is 4.98 Å². The number of nitrogens with two attached hydrogens (primary N) is 1. The Morgan fingerprint density at radius 1 is 1.10 bits per heavy atom. The fourth-order valence-electron chi connectivity index (χ4n) is 2.70. The van der Waals surface area contributed by atoms with Crippen molar-refractivity contribution in [2.45, 2.75) is 26.2 Å². The van der Waals surface area contributed by atoms with Crippen LogP contribution in [0.4, 0.5) is 5.13 Å². The predicted octanol–water partition coefficient (Wildman–Crippen LogP) is 4.22. The Morgan fingerprint density at radius 3 is 2.45 bits per heavy atom. The van der Waals surface area contributed by atoms with Crippen molar-refractivity contribution in [2.24, 2.45) is 5.73 Å². The van der Waals surface area contributed by atoms with E-state index in [9.17, 15) is 9.59 Å². The number of benzene rings is 2. The molecule has 0 atom stereocenters. The van der Waals surface area contributed by atoms with Crippen LogP contribution < -0.4 is 15.8 Å². The third kappa shape index (κ3) is 5.20. The first-order valence-electron chi connectivity index (χ1n) is 9.12. The van der Waals surface area contributed by atoms with Gasteiger partial charge in [-0.3, -0.25) is 14.9 Å². The Hall–Kier alpha value is -3.19. The molecule has 3 aromatic rings. The van der Waals surface area contributed by atoms with Crippen molar-refractivity contribution in [1.82, 2.24) is 4.98 Å². The van der Waals surface area contributed by atoms with E-state index in [0.29, 0.717) is 16.4 Å². The molecule has 0 bridgehead atoms. The summed E-state index contributed by atoms with van der Waals surface area (Å²) in [6.07, 6.45) is 0. The van der Waals surface area contributed by atoms with Crippen molar-refractivity contribution in [3.8, 4) is 17.0 Å². The summed E-state index contributed by atoms with van der Waals surface area (Å²) in [6, 6.07) is 14.9. The lowest BCUT2D eigenvalue weighted by molar-refractivity contribution is -0.119. The second-order valence-corrected chi connectivity index (χ2v) is 8.43. The quantitative estimate of drug-likeness (QED) is 0.637. The molecule has 150 valence electrons. The average molecular weight is 410 g/mol. The molecule has 3 rings (SSSR count). The number of thiazole rings is 1. The largest absolute Gasteiger partial charge is 0.483 e. The molecule has 0 aliphatic rings. The van der Waals surface area contributed by atoms with E-state index in [2.05, 4.69) is 43.2 Å². The highest BCUT2D eigenvalue weighted by molar-refractivity contribution is 7.14. The zero-order valence-corrected chi connectivity index (χ0v) is 17.4. The number of nitrogens with zero attached hydrogens (tertiary/aromatic N) is 1. The van der Waals surface area contributed by atoms with Crippen molar-refractivity contribution < 1.29 is 14.3 Å². The molecule has 1 heterocycles. The number of anilines is 1. The first kappa shape index (κ1) is 20.5. The summed E-state index contributed by atoms with van der Waals surface area (Å²) in [4.78, 5) is 28.1. The Kier molecular flexibility index (Phi) is 5.98. The van der Waals surface area contributed by atoms with Gasteiger partial charge in [-0.15, -0.1) is 11.3 Å². The molecule has 0 saturated heterocycles. The lowest BCUT2D eigenvalue weighted by Crippen LogP contribution is -2.21. The van der Waals surface area contributed by atoms with Crippen LogP contribution in [0.3, 0.4) is 0 Å². The second-order valence-electron chi connectivity index (χ2n) is 7.57. The number of rotatable bonds is 6. The standard InChI is InChI=1S/C22H23N3O3S/c1-22(2,3)15-10-8-14(9-11-15)17-13-29-21(24-17)25-20(27)16-6-4-5-7-18(16)28-12-19(23)26/h4-11,13H,12H2,1-3H3,(H2,23,26)(H,24,25,27). The van der Waals surface area contributed by atoms with Crippen molar-refractivity contribution in [3.63, 3.8) is 0 Å². The van der Waals surface area contributed by atoms with E-state index in [1.165, 1.54) is 16.9 Å². The van der Waals surface area contributed by atoms with Gasteiger partial charge in [0, 0.05) is 10.9 Å². The summed E-state index contributed by atoms with van der Waals surface area (Å²) in [6.45, 7) is 6.21. The number of para-hydroxylation sites is 1. The van der Waals surface area contributed by atoms with Crippen LogP contribution in [-0.4, -0.2) is 23.4 Å². The molecule has 0 aliphatic carbocycles. The van der Waals surface area contributed by atoms with Crippen LogP contribution in [0, 0.1) is 0 Å². The molecule has 0 spiro atoms. The smallest absolute Gasteiger partial charge is 0.261 e. The maximum Gasteiger partial charge on any atom is 0.261 e. The Morgan fingerprint density at radius 2 is 1.79 bits per heavy atom. The van der Waals surface area contributed by atoms with Crippen LogP contribution in [0.2, 0.25) is 0 Å². The van der Waals surface area contributed by atoms with Crippen LogP contribution in [0.1, 0.15) is 36.7 Å².